The molecule has 1 saturated heterocycles. The Balaban J connectivity index is 1.53. The van der Waals surface area contributed by atoms with Gasteiger partial charge in [-0.2, -0.15) is 0 Å². The molecule has 0 radical (unpaired) electrons. The van der Waals surface area contributed by atoms with Crippen molar-refractivity contribution < 1.29 is 23.8 Å². The van der Waals surface area contributed by atoms with Gasteiger partial charge in [0.1, 0.15) is 29.5 Å². The van der Waals surface area contributed by atoms with E-state index in [0.717, 1.165) is 0 Å². The number of hydrogen-bond donors (Lipinski definition) is 1. The van der Waals surface area contributed by atoms with Crippen LogP contribution in [-0.2, 0) is 4.79 Å². The zero-order valence-corrected chi connectivity index (χ0v) is 15.5. The lowest BCUT2D eigenvalue weighted by molar-refractivity contribution is -0.142. The van der Waals surface area contributed by atoms with Gasteiger partial charge in [0, 0.05) is 17.6 Å². The number of nitrogens with zero attached hydrogens (tertiary/aromatic N) is 1. The summed E-state index contributed by atoms with van der Waals surface area (Å²) in [7, 11) is 0. The second-order valence-electron chi connectivity index (χ2n) is 6.64. The Labute approximate surface area is 162 Å². The van der Waals surface area contributed by atoms with E-state index in [-0.39, 0.29) is 25.7 Å². The molecular weight excluding hydrogens is 373 g/mol. The van der Waals surface area contributed by atoms with Crippen LogP contribution in [0.3, 0.4) is 0 Å². The van der Waals surface area contributed by atoms with E-state index >= 15 is 0 Å². The van der Waals surface area contributed by atoms with Crippen molar-refractivity contribution in [2.75, 3.05) is 26.3 Å². The second kappa shape index (κ2) is 8.59. The topological polar surface area (TPSA) is 59.0 Å². The van der Waals surface area contributed by atoms with Gasteiger partial charge in [-0.3, -0.25) is 4.79 Å². The lowest BCUT2D eigenvalue weighted by atomic mass is 9.93. The summed E-state index contributed by atoms with van der Waals surface area (Å²) in [6.45, 7) is 0.528. The highest BCUT2D eigenvalue weighted by Crippen LogP contribution is 2.24. The molecular formula is C20H21ClFNO4. The van der Waals surface area contributed by atoms with Gasteiger partial charge < -0.3 is 19.5 Å². The van der Waals surface area contributed by atoms with Gasteiger partial charge in [0.25, 0.3) is 5.91 Å². The van der Waals surface area contributed by atoms with Crippen LogP contribution in [0.5, 0.6) is 11.5 Å². The third kappa shape index (κ3) is 5.58. The van der Waals surface area contributed by atoms with E-state index in [1.807, 2.05) is 0 Å². The fourth-order valence-electron chi connectivity index (χ4n) is 3.01. The summed E-state index contributed by atoms with van der Waals surface area (Å²) in [5, 5.41) is 11.4. The molecule has 27 heavy (non-hydrogen) atoms. The summed E-state index contributed by atoms with van der Waals surface area (Å²) >= 11 is 5.93. The maximum Gasteiger partial charge on any atom is 0.260 e. The zero-order chi connectivity index (χ0) is 19.3. The molecule has 0 aromatic heterocycles. The van der Waals surface area contributed by atoms with Crippen LogP contribution < -0.4 is 9.47 Å². The molecule has 1 unspecified atom stereocenters. The Bertz CT molecular complexity index is 803. The zero-order valence-electron chi connectivity index (χ0n) is 14.7. The maximum atomic E-state index is 13.2. The minimum absolute atomic E-state index is 0.0574. The molecule has 2 aromatic rings. The minimum Gasteiger partial charge on any atom is -0.490 e. The number of ether oxygens (including phenoxy) is 2. The number of β-amino-alcohol motifs (C(OH)–C–C–N with tert-alkyl or cyclic N) is 1. The molecule has 1 heterocycles. The number of likely N-dealkylation sites (tertiary alicyclic amines) is 1. The molecule has 1 aliphatic heterocycles. The van der Waals surface area contributed by atoms with Crippen molar-refractivity contribution >= 4 is 17.5 Å². The van der Waals surface area contributed by atoms with Crippen LogP contribution in [0.25, 0.3) is 0 Å². The van der Waals surface area contributed by atoms with E-state index in [2.05, 4.69) is 0 Å². The minimum atomic E-state index is -1.14. The summed E-state index contributed by atoms with van der Waals surface area (Å²) in [6, 6.07) is 12.6. The van der Waals surface area contributed by atoms with Crippen LogP contribution in [0.2, 0.25) is 5.02 Å². The van der Waals surface area contributed by atoms with Crippen LogP contribution in [0.4, 0.5) is 4.39 Å². The normalized spacial score (nSPS) is 19.6. The van der Waals surface area contributed by atoms with Gasteiger partial charge >= 0.3 is 0 Å². The lowest BCUT2D eigenvalue weighted by Gasteiger charge is -2.38. The van der Waals surface area contributed by atoms with Crippen molar-refractivity contribution in [3.8, 4) is 11.5 Å². The van der Waals surface area contributed by atoms with Gasteiger partial charge in [-0.05, 0) is 43.2 Å². The van der Waals surface area contributed by atoms with Gasteiger partial charge in [0.15, 0.2) is 6.61 Å². The molecule has 1 aliphatic rings. The molecule has 7 heteroatoms. The number of rotatable bonds is 6. The largest absolute Gasteiger partial charge is 0.490 e. The quantitative estimate of drug-likeness (QED) is 0.818. The van der Waals surface area contributed by atoms with Crippen LogP contribution in [0.1, 0.15) is 12.8 Å². The molecule has 1 N–H and O–H groups in total. The van der Waals surface area contributed by atoms with E-state index in [4.69, 9.17) is 21.1 Å². The van der Waals surface area contributed by atoms with Gasteiger partial charge in [0.2, 0.25) is 0 Å². The summed E-state index contributed by atoms with van der Waals surface area (Å²) in [6.07, 6.45) is 1.18. The van der Waals surface area contributed by atoms with Crippen molar-refractivity contribution in [3.63, 3.8) is 0 Å². The number of hydrogen-bond acceptors (Lipinski definition) is 4. The highest BCUT2D eigenvalue weighted by Gasteiger charge is 2.36. The van der Waals surface area contributed by atoms with Gasteiger partial charge in [-0.25, -0.2) is 4.39 Å². The average Bonchev–Trinajstić information content (AvgIpc) is 2.65. The van der Waals surface area contributed by atoms with E-state index in [1.165, 1.54) is 18.2 Å². The molecule has 1 fully saturated rings. The summed E-state index contributed by atoms with van der Waals surface area (Å²) in [4.78, 5) is 13.9. The number of amides is 1. The summed E-state index contributed by atoms with van der Waals surface area (Å²) in [5.74, 6) is 0.166. The molecule has 3 rings (SSSR count). The molecule has 0 spiro atoms. The molecule has 1 atom stereocenters. The lowest BCUT2D eigenvalue weighted by Crippen LogP contribution is -2.54. The van der Waals surface area contributed by atoms with E-state index < -0.39 is 11.4 Å². The molecule has 0 bridgehead atoms. The first-order valence-electron chi connectivity index (χ1n) is 8.70. The van der Waals surface area contributed by atoms with Crippen LogP contribution in [0, 0.1) is 5.82 Å². The first-order chi connectivity index (χ1) is 12.9. The molecule has 2 aromatic carbocycles. The summed E-state index contributed by atoms with van der Waals surface area (Å²) in [5.41, 5.74) is -1.14. The van der Waals surface area contributed by atoms with Gasteiger partial charge in [-0.15, -0.1) is 0 Å². The molecule has 0 aliphatic carbocycles. The fourth-order valence-corrected chi connectivity index (χ4v) is 3.19. The average molecular weight is 394 g/mol. The van der Waals surface area contributed by atoms with Crippen molar-refractivity contribution in [2.24, 2.45) is 0 Å². The fraction of sp³-hybridized carbons (Fsp3) is 0.350. The SMILES string of the molecule is O=C(COc1cccc(F)c1)N1CCCC(O)(COc2cccc(Cl)c2)C1. The van der Waals surface area contributed by atoms with Crippen molar-refractivity contribution in [3.05, 3.63) is 59.4 Å². The van der Waals surface area contributed by atoms with Crippen molar-refractivity contribution in [1.29, 1.82) is 0 Å². The van der Waals surface area contributed by atoms with Crippen molar-refractivity contribution in [1.82, 2.24) is 4.90 Å². The molecule has 0 saturated carbocycles. The molecule has 144 valence electrons. The Kier molecular flexibility index (Phi) is 6.19. The Morgan fingerprint density at radius 3 is 2.67 bits per heavy atom. The monoisotopic (exact) mass is 393 g/mol. The van der Waals surface area contributed by atoms with E-state index in [1.54, 1.807) is 35.2 Å². The number of aliphatic hydroxyl groups is 1. The highest BCUT2D eigenvalue weighted by atomic mass is 35.5. The number of halogens is 2. The standard InChI is InChI=1S/C20H21ClFNO4/c21-15-4-1-6-17(10-15)27-14-20(25)8-3-9-23(13-20)19(24)12-26-18-7-2-5-16(22)11-18/h1-2,4-7,10-11,25H,3,8-9,12-14H2. The Hall–Kier alpha value is -2.31. The molecule has 1 amide bonds. The first-order valence-corrected chi connectivity index (χ1v) is 9.08. The van der Waals surface area contributed by atoms with Crippen molar-refractivity contribution in [2.45, 2.75) is 18.4 Å². The third-order valence-corrected chi connectivity index (χ3v) is 4.61. The highest BCUT2D eigenvalue weighted by molar-refractivity contribution is 6.30. The third-order valence-electron chi connectivity index (χ3n) is 4.37. The number of piperidine rings is 1. The predicted molar refractivity (Wildman–Crippen MR) is 99.6 cm³/mol. The number of carbonyl (C=O) groups is 1. The second-order valence-corrected chi connectivity index (χ2v) is 7.07. The van der Waals surface area contributed by atoms with Gasteiger partial charge in [-0.1, -0.05) is 23.7 Å². The van der Waals surface area contributed by atoms with E-state index in [9.17, 15) is 14.3 Å². The Morgan fingerprint density at radius 1 is 1.19 bits per heavy atom. The smallest absolute Gasteiger partial charge is 0.260 e. The van der Waals surface area contributed by atoms with Crippen LogP contribution in [-0.4, -0.2) is 47.8 Å². The Morgan fingerprint density at radius 2 is 1.93 bits per heavy atom. The van der Waals surface area contributed by atoms with Gasteiger partial charge in [0.05, 0.1) is 6.54 Å². The number of benzene rings is 2. The number of carbonyl (C=O) groups excluding carboxylic acids is 1. The molecule has 5 nitrogen and oxygen atoms in total. The predicted octanol–water partition coefficient (Wildman–Crippen LogP) is 3.29. The summed E-state index contributed by atoms with van der Waals surface area (Å²) < 4.78 is 24.2. The maximum absolute atomic E-state index is 13.2. The first kappa shape index (κ1) is 19.5. The van der Waals surface area contributed by atoms with Crippen LogP contribution in [0.15, 0.2) is 48.5 Å². The van der Waals surface area contributed by atoms with Crippen LogP contribution >= 0.6 is 11.6 Å². The van der Waals surface area contributed by atoms with E-state index in [0.29, 0.717) is 35.9 Å².